The number of rotatable bonds is 7. The van der Waals surface area contributed by atoms with Gasteiger partial charge in [0.15, 0.2) is 0 Å². The first-order valence-corrected chi connectivity index (χ1v) is 15.9. The maximum atomic E-state index is 2.58. The minimum atomic E-state index is -0.129. The van der Waals surface area contributed by atoms with Crippen LogP contribution in [0.3, 0.4) is 0 Å². The van der Waals surface area contributed by atoms with Gasteiger partial charge in [-0.1, -0.05) is 124 Å². The molecular weight excluding hydrogens is 660 g/mol. The molecule has 0 nitrogen and oxygen atoms in total. The summed E-state index contributed by atoms with van der Waals surface area (Å²) in [7, 11) is -0.129. The Bertz CT molecular complexity index is 921. The van der Waals surface area contributed by atoms with Crippen molar-refractivity contribution >= 4 is 13.2 Å². The fourth-order valence-corrected chi connectivity index (χ4v) is 10.6. The summed E-state index contributed by atoms with van der Waals surface area (Å²) < 4.78 is 0. The second kappa shape index (κ2) is 14.9. The third-order valence-corrected chi connectivity index (χ3v) is 12.1. The summed E-state index contributed by atoms with van der Waals surface area (Å²) in [5, 5.41) is 1.76. The number of benzene rings is 2. The Kier molecular flexibility index (Phi) is 13.3. The van der Waals surface area contributed by atoms with E-state index in [1.807, 2.05) is 0 Å². The average molecular weight is 709 g/mol. The quantitative estimate of drug-likeness (QED) is 0.207. The van der Waals surface area contributed by atoms with Crippen molar-refractivity contribution in [2.75, 3.05) is 0 Å². The molecule has 36 heavy (non-hydrogen) atoms. The van der Waals surface area contributed by atoms with E-state index in [0.29, 0.717) is 17.8 Å². The van der Waals surface area contributed by atoms with Crippen molar-refractivity contribution in [2.24, 2.45) is 0 Å². The normalized spacial score (nSPS) is 17.5. The maximum absolute atomic E-state index is 2.58. The molecule has 2 fully saturated rings. The Hall–Kier alpha value is -0.0997. The molecule has 0 unspecified atom stereocenters. The summed E-state index contributed by atoms with van der Waals surface area (Å²) in [4.78, 5) is 0. The molecule has 2 aromatic carbocycles. The Morgan fingerprint density at radius 2 is 1.17 bits per heavy atom. The van der Waals surface area contributed by atoms with Gasteiger partial charge in [-0.25, -0.2) is 0 Å². The molecule has 0 aromatic heterocycles. The largest absolute Gasteiger partial charge is 1.00 e. The molecule has 3 heteroatoms. The van der Waals surface area contributed by atoms with Gasteiger partial charge in [-0.05, 0) is 87.9 Å². The van der Waals surface area contributed by atoms with Gasteiger partial charge in [-0.15, -0.1) is 0 Å². The molecule has 0 atom stereocenters. The molecule has 0 saturated heterocycles. The van der Waals surface area contributed by atoms with Gasteiger partial charge in [0.1, 0.15) is 0 Å². The number of hydrogen-bond donors (Lipinski definition) is 0. The predicted octanol–water partition coefficient (Wildman–Crippen LogP) is 7.50. The Balaban J connectivity index is 0.00000228. The fourth-order valence-electron chi connectivity index (χ4n) is 6.60. The molecule has 204 valence electrons. The molecule has 4 rings (SSSR count). The van der Waals surface area contributed by atoms with Crippen LogP contribution < -0.4 is 17.7 Å². The summed E-state index contributed by atoms with van der Waals surface area (Å²) in [6.07, 6.45) is 14.6. The van der Waals surface area contributed by atoms with Crippen LogP contribution >= 0.6 is 7.92 Å². The molecule has 0 spiro atoms. The van der Waals surface area contributed by atoms with Crippen LogP contribution in [0.1, 0.15) is 140 Å². The van der Waals surface area contributed by atoms with Crippen molar-refractivity contribution in [2.45, 2.75) is 135 Å². The van der Waals surface area contributed by atoms with Gasteiger partial charge in [0.25, 0.3) is 0 Å². The van der Waals surface area contributed by atoms with E-state index in [-0.39, 0.29) is 42.7 Å². The molecule has 2 aliphatic carbocycles. The summed E-state index contributed by atoms with van der Waals surface area (Å²) in [5.74, 6) is 1.67. The van der Waals surface area contributed by atoms with Gasteiger partial charge in [0.05, 0.1) is 0 Å². The van der Waals surface area contributed by atoms with Gasteiger partial charge < -0.3 is 12.4 Å². The van der Waals surface area contributed by atoms with Gasteiger partial charge in [0.2, 0.25) is 0 Å². The van der Waals surface area contributed by atoms with E-state index in [1.165, 1.54) is 75.3 Å². The van der Waals surface area contributed by atoms with Crippen LogP contribution in [0.2, 0.25) is 0 Å². The van der Waals surface area contributed by atoms with Crippen LogP contribution in [0.15, 0.2) is 36.4 Å². The number of hydrogen-bond acceptors (Lipinski definition) is 0. The van der Waals surface area contributed by atoms with Crippen LogP contribution in [-0.2, 0) is 22.4 Å². The van der Waals surface area contributed by atoms with E-state index in [4.69, 9.17) is 0 Å². The van der Waals surface area contributed by atoms with Crippen molar-refractivity contribution in [1.29, 1.82) is 0 Å². The number of halogens is 1. The van der Waals surface area contributed by atoms with E-state index in [2.05, 4.69) is 77.9 Å². The predicted molar refractivity (Wildman–Crippen MR) is 154 cm³/mol. The van der Waals surface area contributed by atoms with Crippen molar-refractivity contribution < 1.29 is 34.8 Å². The standard InChI is InChI=1S/C33H49P.Au.ClH/c1-23(2)26-20-21-30(31(22-26)25(5)6)33-29(24(3)4)18-13-19-32(33)34(27-14-9-7-10-15-27)28-16-11-8-12-17-28;;/h13,18-25,27-28H,7-12,14-17H2,1-6H3;;1H/q;+1;/p-1. The van der Waals surface area contributed by atoms with Crippen molar-refractivity contribution in [3.8, 4) is 11.1 Å². The first kappa shape index (κ1) is 32.1. The molecule has 0 bridgehead atoms. The molecule has 0 radical (unpaired) electrons. The smallest absolute Gasteiger partial charge is 1.00 e. The van der Waals surface area contributed by atoms with Gasteiger partial charge >= 0.3 is 22.4 Å². The minimum absolute atomic E-state index is 0. The Labute approximate surface area is 245 Å². The van der Waals surface area contributed by atoms with Crippen LogP contribution in [0.4, 0.5) is 0 Å². The summed E-state index contributed by atoms with van der Waals surface area (Å²) in [6.45, 7) is 14.3. The molecule has 0 amide bonds. The van der Waals surface area contributed by atoms with E-state index in [1.54, 1.807) is 22.0 Å². The van der Waals surface area contributed by atoms with Crippen LogP contribution in [0.5, 0.6) is 0 Å². The fraction of sp³-hybridized carbons (Fsp3) is 0.636. The topological polar surface area (TPSA) is 0 Å². The molecule has 0 heterocycles. The summed E-state index contributed by atoms with van der Waals surface area (Å²) in [6, 6.07) is 14.9. The van der Waals surface area contributed by atoms with E-state index >= 15 is 0 Å². The first-order chi connectivity index (χ1) is 16.4. The SMILES string of the molecule is CC(C)c1ccc(-c2c(C(C)C)cccc2P(C2CCCCC2)C2CCCCC2)c(C(C)C)c1.[Au+].[Cl-]. The van der Waals surface area contributed by atoms with E-state index in [0.717, 1.165) is 11.3 Å². The zero-order valence-corrected chi connectivity index (χ0v) is 27.4. The van der Waals surface area contributed by atoms with Gasteiger partial charge in [-0.3, -0.25) is 0 Å². The Morgan fingerprint density at radius 1 is 0.639 bits per heavy atom. The Morgan fingerprint density at radius 3 is 1.64 bits per heavy atom. The zero-order valence-electron chi connectivity index (χ0n) is 23.5. The maximum Gasteiger partial charge on any atom is 1.00 e. The minimum Gasteiger partial charge on any atom is -1.00 e. The van der Waals surface area contributed by atoms with Crippen molar-refractivity contribution in [3.05, 3.63) is 53.1 Å². The zero-order chi connectivity index (χ0) is 24.2. The molecule has 0 aliphatic heterocycles. The van der Waals surface area contributed by atoms with E-state index in [9.17, 15) is 0 Å². The first-order valence-electron chi connectivity index (χ1n) is 14.4. The van der Waals surface area contributed by atoms with Crippen molar-refractivity contribution in [1.82, 2.24) is 0 Å². The second-order valence-corrected chi connectivity index (χ2v) is 14.8. The van der Waals surface area contributed by atoms with Gasteiger partial charge in [-0.2, -0.15) is 0 Å². The molecular formula is C33H49AuClP. The summed E-state index contributed by atoms with van der Waals surface area (Å²) in [5.41, 5.74) is 9.67. The summed E-state index contributed by atoms with van der Waals surface area (Å²) >= 11 is 0. The second-order valence-electron chi connectivity index (χ2n) is 12.0. The van der Waals surface area contributed by atoms with Crippen LogP contribution in [0, 0.1) is 0 Å². The van der Waals surface area contributed by atoms with E-state index < -0.39 is 0 Å². The van der Waals surface area contributed by atoms with Crippen LogP contribution in [-0.4, -0.2) is 11.3 Å². The van der Waals surface area contributed by atoms with Gasteiger partial charge in [0, 0.05) is 0 Å². The third-order valence-electron chi connectivity index (χ3n) is 8.54. The monoisotopic (exact) mass is 708 g/mol. The van der Waals surface area contributed by atoms with Crippen molar-refractivity contribution in [3.63, 3.8) is 0 Å². The van der Waals surface area contributed by atoms with Crippen LogP contribution in [0.25, 0.3) is 11.1 Å². The molecule has 2 saturated carbocycles. The third kappa shape index (κ3) is 7.30. The average Bonchev–Trinajstić information content (AvgIpc) is 2.85. The molecule has 2 aromatic rings. The molecule has 2 aliphatic rings. The molecule has 0 N–H and O–H groups in total.